The molecule has 7 heteroatoms. The van der Waals surface area contributed by atoms with E-state index in [1.807, 2.05) is 20.8 Å². The summed E-state index contributed by atoms with van der Waals surface area (Å²) in [6.07, 6.45) is 1.57. The predicted molar refractivity (Wildman–Crippen MR) is 93.8 cm³/mol. The molecule has 0 fully saturated rings. The van der Waals surface area contributed by atoms with Gasteiger partial charge in [-0.25, -0.2) is 13.1 Å². The molecule has 1 aromatic carbocycles. The smallest absolute Gasteiger partial charge is 0.243 e. The Labute approximate surface area is 142 Å². The first kappa shape index (κ1) is 18.2. The van der Waals surface area contributed by atoms with Crippen LogP contribution in [0.25, 0.3) is 0 Å². The van der Waals surface area contributed by atoms with Crippen LogP contribution in [0.2, 0.25) is 0 Å². The second kappa shape index (κ2) is 6.76. The van der Waals surface area contributed by atoms with E-state index in [1.54, 1.807) is 42.1 Å². The summed E-state index contributed by atoms with van der Waals surface area (Å²) in [5.41, 5.74) is 1.62. The molecule has 0 saturated carbocycles. The highest BCUT2D eigenvalue weighted by Crippen LogP contribution is 2.22. The Morgan fingerprint density at radius 3 is 2.42 bits per heavy atom. The van der Waals surface area contributed by atoms with Crippen LogP contribution in [-0.2, 0) is 14.6 Å². The summed E-state index contributed by atoms with van der Waals surface area (Å²) in [4.78, 5) is 12.6. The molecule has 2 rings (SSSR count). The van der Waals surface area contributed by atoms with Gasteiger partial charge < -0.3 is 5.32 Å². The first-order valence-corrected chi connectivity index (χ1v) is 9.34. The van der Waals surface area contributed by atoms with Gasteiger partial charge in [-0.15, -0.1) is 0 Å². The number of benzene rings is 1. The number of rotatable bonds is 5. The van der Waals surface area contributed by atoms with Gasteiger partial charge in [-0.3, -0.25) is 4.79 Å². The minimum absolute atomic E-state index is 0.0570. The zero-order valence-electron chi connectivity index (χ0n) is 14.6. The minimum atomic E-state index is -3.76. The monoisotopic (exact) mass is 349 g/mol. The third-order valence-corrected chi connectivity index (χ3v) is 6.10. The highest BCUT2D eigenvalue weighted by molar-refractivity contribution is 7.92. The van der Waals surface area contributed by atoms with Crippen molar-refractivity contribution < 1.29 is 13.2 Å². The lowest BCUT2D eigenvalue weighted by molar-refractivity contribution is -0.115. The van der Waals surface area contributed by atoms with Gasteiger partial charge in [0.05, 0.1) is 11.1 Å². The molecule has 1 aromatic heterocycles. The van der Waals surface area contributed by atoms with Crippen LogP contribution >= 0.6 is 0 Å². The van der Waals surface area contributed by atoms with Crippen molar-refractivity contribution in [1.82, 2.24) is 9.78 Å². The molecule has 0 unspecified atom stereocenters. The second-order valence-corrected chi connectivity index (χ2v) is 8.44. The van der Waals surface area contributed by atoms with E-state index < -0.39 is 21.0 Å². The molecule has 1 atom stereocenters. The molecule has 0 bridgehead atoms. The Bertz CT molecular complexity index is 854. The van der Waals surface area contributed by atoms with Gasteiger partial charge in [-0.1, -0.05) is 17.7 Å². The average molecular weight is 349 g/mol. The molecular weight excluding hydrogens is 326 g/mol. The fraction of sp³-hybridized carbons (Fsp3) is 0.412. The van der Waals surface area contributed by atoms with Crippen LogP contribution in [0.3, 0.4) is 0 Å². The molecule has 0 aliphatic heterocycles. The third kappa shape index (κ3) is 3.51. The van der Waals surface area contributed by atoms with Crippen LogP contribution in [0, 0.1) is 13.8 Å². The third-order valence-electron chi connectivity index (χ3n) is 3.88. The lowest BCUT2D eigenvalue weighted by atomic mass is 10.2. The van der Waals surface area contributed by atoms with E-state index in [2.05, 4.69) is 10.4 Å². The Hall–Kier alpha value is -2.15. The summed E-state index contributed by atoms with van der Waals surface area (Å²) >= 11 is 0. The van der Waals surface area contributed by atoms with Crippen LogP contribution in [0.1, 0.15) is 37.9 Å². The summed E-state index contributed by atoms with van der Waals surface area (Å²) < 4.78 is 27.2. The van der Waals surface area contributed by atoms with Crippen molar-refractivity contribution in [2.75, 3.05) is 5.32 Å². The lowest BCUT2D eigenvalue weighted by Gasteiger charge is -2.17. The number of carbonyl (C=O) groups excluding carboxylic acids is 1. The van der Waals surface area contributed by atoms with Gasteiger partial charge in [0.2, 0.25) is 5.91 Å². The fourth-order valence-corrected chi connectivity index (χ4v) is 3.99. The molecule has 0 aliphatic carbocycles. The molecule has 24 heavy (non-hydrogen) atoms. The Morgan fingerprint density at radius 1 is 1.17 bits per heavy atom. The maximum absolute atomic E-state index is 12.8. The summed E-state index contributed by atoms with van der Waals surface area (Å²) in [5, 5.41) is 5.59. The maximum Gasteiger partial charge on any atom is 0.243 e. The Morgan fingerprint density at radius 2 is 1.83 bits per heavy atom. The summed E-state index contributed by atoms with van der Waals surface area (Å²) in [5.74, 6) is -0.0879. The first-order chi connectivity index (χ1) is 11.1. The average Bonchev–Trinajstić information content (AvgIpc) is 2.94. The highest BCUT2D eigenvalue weighted by Gasteiger charge is 2.31. The number of aryl methyl sites for hydroxylation is 2. The number of hydrogen-bond acceptors (Lipinski definition) is 4. The topological polar surface area (TPSA) is 81.1 Å². The SMILES string of the molecule is Cc1ccc(S(=O)(=O)[C@@H](C)C(=O)Nc2ccnn2C(C)C)c(C)c1. The number of aromatic nitrogens is 2. The van der Waals surface area contributed by atoms with Crippen molar-refractivity contribution >= 4 is 21.6 Å². The maximum atomic E-state index is 12.8. The van der Waals surface area contributed by atoms with Gasteiger partial charge >= 0.3 is 0 Å². The molecule has 2 aromatic rings. The van der Waals surface area contributed by atoms with E-state index in [0.717, 1.165) is 5.56 Å². The zero-order chi connectivity index (χ0) is 18.1. The van der Waals surface area contributed by atoms with E-state index in [0.29, 0.717) is 11.4 Å². The van der Waals surface area contributed by atoms with Gasteiger partial charge in [0, 0.05) is 12.1 Å². The number of nitrogens with zero attached hydrogens (tertiary/aromatic N) is 2. The van der Waals surface area contributed by atoms with Crippen molar-refractivity contribution in [3.8, 4) is 0 Å². The molecule has 0 aliphatic rings. The standard InChI is InChI=1S/C17H23N3O3S/c1-11(2)20-16(8-9-18-20)19-17(21)14(5)24(22,23)15-7-6-12(3)10-13(15)4/h6-11,14H,1-5H3,(H,19,21)/t14-/m0/s1. The van der Waals surface area contributed by atoms with Crippen molar-refractivity contribution in [2.45, 2.75) is 50.8 Å². The molecule has 0 saturated heterocycles. The van der Waals surface area contributed by atoms with E-state index >= 15 is 0 Å². The Kier molecular flexibility index (Phi) is 5.13. The normalized spacial score (nSPS) is 13.1. The largest absolute Gasteiger partial charge is 0.310 e. The van der Waals surface area contributed by atoms with Gasteiger partial charge in [-0.05, 0) is 46.2 Å². The van der Waals surface area contributed by atoms with Crippen molar-refractivity contribution in [1.29, 1.82) is 0 Å². The summed E-state index contributed by atoms with van der Waals surface area (Å²) in [6.45, 7) is 8.89. The number of amides is 1. The molecule has 1 N–H and O–H groups in total. The molecule has 6 nitrogen and oxygen atoms in total. The summed E-state index contributed by atoms with van der Waals surface area (Å²) in [6, 6.07) is 6.79. The van der Waals surface area contributed by atoms with Crippen LogP contribution in [-0.4, -0.2) is 29.4 Å². The molecule has 0 radical (unpaired) electrons. The minimum Gasteiger partial charge on any atom is -0.310 e. The lowest BCUT2D eigenvalue weighted by Crippen LogP contribution is -2.33. The van der Waals surface area contributed by atoms with Crippen molar-refractivity contribution in [3.05, 3.63) is 41.6 Å². The first-order valence-electron chi connectivity index (χ1n) is 7.80. The van der Waals surface area contributed by atoms with Gasteiger partial charge in [-0.2, -0.15) is 5.10 Å². The second-order valence-electron chi connectivity index (χ2n) is 6.20. The number of sulfone groups is 1. The molecule has 1 heterocycles. The molecule has 1 amide bonds. The highest BCUT2D eigenvalue weighted by atomic mass is 32.2. The van der Waals surface area contributed by atoms with Crippen molar-refractivity contribution in [3.63, 3.8) is 0 Å². The van der Waals surface area contributed by atoms with E-state index in [4.69, 9.17) is 0 Å². The molecule has 0 spiro atoms. The number of carbonyl (C=O) groups is 1. The number of nitrogens with one attached hydrogen (secondary N) is 1. The number of hydrogen-bond donors (Lipinski definition) is 1. The Balaban J connectivity index is 2.27. The number of anilines is 1. The van der Waals surface area contributed by atoms with Crippen LogP contribution < -0.4 is 5.32 Å². The van der Waals surface area contributed by atoms with E-state index in [9.17, 15) is 13.2 Å². The van der Waals surface area contributed by atoms with E-state index in [1.165, 1.54) is 6.92 Å². The summed E-state index contributed by atoms with van der Waals surface area (Å²) in [7, 11) is -3.76. The van der Waals surface area contributed by atoms with Gasteiger partial charge in [0.25, 0.3) is 0 Å². The predicted octanol–water partition coefficient (Wildman–Crippen LogP) is 2.88. The van der Waals surface area contributed by atoms with Crippen LogP contribution in [0.15, 0.2) is 35.4 Å². The van der Waals surface area contributed by atoms with E-state index in [-0.39, 0.29) is 10.9 Å². The van der Waals surface area contributed by atoms with Crippen LogP contribution in [0.4, 0.5) is 5.82 Å². The van der Waals surface area contributed by atoms with Gasteiger partial charge in [0.1, 0.15) is 11.1 Å². The van der Waals surface area contributed by atoms with Crippen molar-refractivity contribution in [2.24, 2.45) is 0 Å². The zero-order valence-corrected chi connectivity index (χ0v) is 15.4. The van der Waals surface area contributed by atoms with Gasteiger partial charge in [0.15, 0.2) is 9.84 Å². The molecule has 130 valence electrons. The quantitative estimate of drug-likeness (QED) is 0.900. The fourth-order valence-electron chi connectivity index (χ4n) is 2.50. The molecular formula is C17H23N3O3S. The van der Waals surface area contributed by atoms with Crippen LogP contribution in [0.5, 0.6) is 0 Å².